The number of fused-ring (bicyclic) bond motifs is 1. The van der Waals surface area contributed by atoms with Crippen molar-refractivity contribution in [2.24, 2.45) is 0 Å². The van der Waals surface area contributed by atoms with Gasteiger partial charge < -0.3 is 5.73 Å². The molecule has 1 heterocycles. The second-order valence-electron chi connectivity index (χ2n) is 3.44. The Morgan fingerprint density at radius 3 is 2.86 bits per heavy atom. The highest BCUT2D eigenvalue weighted by Gasteiger charge is 2.03. The minimum atomic E-state index is 0.344. The smallest absolute Gasteiger partial charge is 0.220 e. The van der Waals surface area contributed by atoms with E-state index in [0.29, 0.717) is 5.95 Å². The lowest BCUT2D eigenvalue weighted by Gasteiger charge is -2.05. The molecule has 0 aliphatic carbocycles. The van der Waals surface area contributed by atoms with E-state index in [2.05, 4.69) is 35.9 Å². The highest BCUT2D eigenvalue weighted by molar-refractivity contribution is 5.82. The third kappa shape index (κ3) is 1.41. The summed E-state index contributed by atoms with van der Waals surface area (Å²) in [6.07, 6.45) is 2.75. The van der Waals surface area contributed by atoms with Crippen LogP contribution in [0.1, 0.15) is 18.1 Å². The maximum Gasteiger partial charge on any atom is 0.220 e. The highest BCUT2D eigenvalue weighted by atomic mass is 15.0. The Balaban J connectivity index is 2.81. The van der Waals surface area contributed by atoms with E-state index in [1.54, 1.807) is 6.20 Å². The van der Waals surface area contributed by atoms with Gasteiger partial charge in [-0.2, -0.15) is 0 Å². The summed E-state index contributed by atoms with van der Waals surface area (Å²) in [6, 6.07) is 4.22. The van der Waals surface area contributed by atoms with Crippen molar-refractivity contribution in [3.8, 4) is 0 Å². The molecule has 3 nitrogen and oxygen atoms in total. The van der Waals surface area contributed by atoms with Crippen molar-refractivity contribution >= 4 is 16.9 Å². The first-order chi connectivity index (χ1) is 6.70. The molecule has 0 saturated carbocycles. The minimum Gasteiger partial charge on any atom is -0.368 e. The molecular formula is C11H13N3. The first-order valence-corrected chi connectivity index (χ1v) is 4.72. The number of benzene rings is 1. The lowest BCUT2D eigenvalue weighted by atomic mass is 10.1. The van der Waals surface area contributed by atoms with Gasteiger partial charge in [-0.1, -0.05) is 18.6 Å². The van der Waals surface area contributed by atoms with Gasteiger partial charge in [0.05, 0.1) is 5.52 Å². The fraction of sp³-hybridized carbons (Fsp3) is 0.273. The maximum atomic E-state index is 5.56. The Morgan fingerprint density at radius 1 is 1.36 bits per heavy atom. The summed E-state index contributed by atoms with van der Waals surface area (Å²) in [5, 5.41) is 1.07. The number of rotatable bonds is 1. The van der Waals surface area contributed by atoms with Gasteiger partial charge >= 0.3 is 0 Å². The molecule has 0 fully saturated rings. The largest absolute Gasteiger partial charge is 0.368 e. The van der Waals surface area contributed by atoms with Crippen molar-refractivity contribution < 1.29 is 0 Å². The summed E-state index contributed by atoms with van der Waals surface area (Å²) in [6.45, 7) is 4.20. The van der Waals surface area contributed by atoms with Crippen molar-refractivity contribution in [2.75, 3.05) is 5.73 Å². The van der Waals surface area contributed by atoms with E-state index in [-0.39, 0.29) is 0 Å². The van der Waals surface area contributed by atoms with Gasteiger partial charge in [0.15, 0.2) is 0 Å². The summed E-state index contributed by atoms with van der Waals surface area (Å²) < 4.78 is 0. The number of anilines is 1. The standard InChI is InChI=1S/C11H13N3/c1-3-8-4-7(2)5-9-6-13-11(12)14-10(8)9/h4-6H,3H2,1-2H3,(H2,12,13,14). The Morgan fingerprint density at radius 2 is 2.14 bits per heavy atom. The minimum absolute atomic E-state index is 0.344. The molecule has 0 aliphatic rings. The van der Waals surface area contributed by atoms with Gasteiger partial charge in [0.25, 0.3) is 0 Å². The van der Waals surface area contributed by atoms with Crippen molar-refractivity contribution in [1.29, 1.82) is 0 Å². The van der Waals surface area contributed by atoms with Crippen LogP contribution in [0.25, 0.3) is 10.9 Å². The molecule has 0 amide bonds. The molecule has 3 heteroatoms. The molecule has 0 bridgehead atoms. The third-order valence-electron chi connectivity index (χ3n) is 2.31. The van der Waals surface area contributed by atoms with E-state index in [0.717, 1.165) is 17.3 Å². The van der Waals surface area contributed by atoms with Crippen LogP contribution in [0.4, 0.5) is 5.95 Å². The predicted molar refractivity (Wildman–Crippen MR) is 58.1 cm³/mol. The molecule has 0 unspecified atom stereocenters. The first kappa shape index (κ1) is 8.94. The third-order valence-corrected chi connectivity index (χ3v) is 2.31. The molecular weight excluding hydrogens is 174 g/mol. The van der Waals surface area contributed by atoms with E-state index in [1.165, 1.54) is 11.1 Å². The van der Waals surface area contributed by atoms with Crippen molar-refractivity contribution in [3.05, 3.63) is 29.5 Å². The lowest BCUT2D eigenvalue weighted by Crippen LogP contribution is -1.97. The molecule has 0 spiro atoms. The first-order valence-electron chi connectivity index (χ1n) is 4.72. The van der Waals surface area contributed by atoms with Crippen LogP contribution >= 0.6 is 0 Å². The topological polar surface area (TPSA) is 51.8 Å². The van der Waals surface area contributed by atoms with Gasteiger partial charge in [-0.25, -0.2) is 9.97 Å². The molecule has 72 valence electrons. The number of hydrogen-bond donors (Lipinski definition) is 1. The molecule has 2 N–H and O–H groups in total. The van der Waals surface area contributed by atoms with E-state index < -0.39 is 0 Å². The van der Waals surface area contributed by atoms with Crippen molar-refractivity contribution in [1.82, 2.24) is 9.97 Å². The van der Waals surface area contributed by atoms with E-state index >= 15 is 0 Å². The fourth-order valence-corrected chi connectivity index (χ4v) is 1.67. The van der Waals surface area contributed by atoms with Gasteiger partial charge in [0, 0.05) is 11.6 Å². The monoisotopic (exact) mass is 187 g/mol. The normalized spacial score (nSPS) is 10.7. The Bertz CT molecular complexity index is 477. The number of hydrogen-bond acceptors (Lipinski definition) is 3. The average molecular weight is 187 g/mol. The quantitative estimate of drug-likeness (QED) is 0.743. The lowest BCUT2D eigenvalue weighted by molar-refractivity contribution is 1.13. The van der Waals surface area contributed by atoms with Crippen LogP contribution in [0.15, 0.2) is 18.3 Å². The van der Waals surface area contributed by atoms with Crippen molar-refractivity contribution in [3.63, 3.8) is 0 Å². The summed E-state index contributed by atoms with van der Waals surface area (Å²) in [4.78, 5) is 8.24. The van der Waals surface area contributed by atoms with Gasteiger partial charge in [0.2, 0.25) is 5.95 Å². The SMILES string of the molecule is CCc1cc(C)cc2cnc(N)nc12. The predicted octanol–water partition coefficient (Wildman–Crippen LogP) is 2.08. The number of aromatic nitrogens is 2. The summed E-state index contributed by atoms with van der Waals surface area (Å²) in [7, 11) is 0. The zero-order chi connectivity index (χ0) is 10.1. The number of nitrogens with two attached hydrogens (primary N) is 1. The number of nitrogens with zero attached hydrogens (tertiary/aromatic N) is 2. The maximum absolute atomic E-state index is 5.56. The van der Waals surface area contributed by atoms with Gasteiger partial charge in [0.1, 0.15) is 0 Å². The fourth-order valence-electron chi connectivity index (χ4n) is 1.67. The van der Waals surface area contributed by atoms with E-state index in [4.69, 9.17) is 5.73 Å². The average Bonchev–Trinajstić information content (AvgIpc) is 2.17. The highest BCUT2D eigenvalue weighted by Crippen LogP contribution is 2.19. The Labute approximate surface area is 83.0 Å². The van der Waals surface area contributed by atoms with Crippen molar-refractivity contribution in [2.45, 2.75) is 20.3 Å². The van der Waals surface area contributed by atoms with Crippen LogP contribution in [0.3, 0.4) is 0 Å². The molecule has 14 heavy (non-hydrogen) atoms. The molecule has 0 saturated heterocycles. The molecule has 0 aliphatic heterocycles. The van der Waals surface area contributed by atoms with Crippen LogP contribution in [-0.4, -0.2) is 9.97 Å². The molecule has 0 atom stereocenters. The van der Waals surface area contributed by atoms with Crippen LogP contribution in [0.5, 0.6) is 0 Å². The summed E-state index contributed by atoms with van der Waals surface area (Å²) in [5.41, 5.74) is 9.01. The zero-order valence-electron chi connectivity index (χ0n) is 8.41. The molecule has 1 aromatic heterocycles. The molecule has 2 aromatic rings. The number of aryl methyl sites for hydroxylation is 2. The van der Waals surface area contributed by atoms with Gasteiger partial charge in [-0.3, -0.25) is 0 Å². The van der Waals surface area contributed by atoms with Crippen LogP contribution < -0.4 is 5.73 Å². The van der Waals surface area contributed by atoms with Gasteiger partial charge in [-0.15, -0.1) is 0 Å². The molecule has 1 aromatic carbocycles. The van der Waals surface area contributed by atoms with E-state index in [9.17, 15) is 0 Å². The summed E-state index contributed by atoms with van der Waals surface area (Å²) >= 11 is 0. The van der Waals surface area contributed by atoms with Crippen LogP contribution in [-0.2, 0) is 6.42 Å². The Kier molecular flexibility index (Phi) is 2.08. The zero-order valence-corrected chi connectivity index (χ0v) is 8.41. The van der Waals surface area contributed by atoms with E-state index in [1.807, 2.05) is 0 Å². The molecule has 2 rings (SSSR count). The number of nitrogen functional groups attached to an aromatic ring is 1. The molecule has 0 radical (unpaired) electrons. The Hall–Kier alpha value is -1.64. The van der Waals surface area contributed by atoms with Crippen LogP contribution in [0, 0.1) is 6.92 Å². The second kappa shape index (κ2) is 3.25. The van der Waals surface area contributed by atoms with Crippen LogP contribution in [0.2, 0.25) is 0 Å². The second-order valence-corrected chi connectivity index (χ2v) is 3.44. The summed E-state index contributed by atoms with van der Waals surface area (Å²) in [5.74, 6) is 0.344. The van der Waals surface area contributed by atoms with Gasteiger partial charge in [-0.05, 0) is 25.0 Å².